The van der Waals surface area contributed by atoms with Crippen molar-refractivity contribution in [2.24, 2.45) is 5.73 Å². The number of rotatable bonds is 8. The van der Waals surface area contributed by atoms with Crippen LogP contribution in [0.5, 0.6) is 11.5 Å². The molecule has 0 fully saturated rings. The predicted octanol–water partition coefficient (Wildman–Crippen LogP) is 3.31. The molecule has 0 aliphatic carbocycles. The third-order valence-electron chi connectivity index (χ3n) is 7.25. The van der Waals surface area contributed by atoms with Gasteiger partial charge in [-0.05, 0) is 49.4 Å². The molecule has 0 radical (unpaired) electrons. The number of nitrogens with one attached hydrogen (secondary N) is 1. The van der Waals surface area contributed by atoms with Crippen molar-refractivity contribution in [2.75, 3.05) is 20.3 Å². The summed E-state index contributed by atoms with van der Waals surface area (Å²) >= 11 is 1.06. The van der Waals surface area contributed by atoms with Crippen LogP contribution >= 0.6 is 11.3 Å². The van der Waals surface area contributed by atoms with Crippen LogP contribution < -0.4 is 20.5 Å². The highest BCUT2D eigenvalue weighted by Crippen LogP contribution is 2.47. The van der Waals surface area contributed by atoms with E-state index in [2.05, 4.69) is 15.3 Å². The van der Waals surface area contributed by atoms with Crippen LogP contribution in [0.2, 0.25) is 0 Å². The van der Waals surface area contributed by atoms with Crippen molar-refractivity contribution in [1.82, 2.24) is 15.3 Å². The number of ether oxygens (including phenoxy) is 2. The first-order valence-corrected chi connectivity index (χ1v) is 13.4. The van der Waals surface area contributed by atoms with Gasteiger partial charge in [0, 0.05) is 16.7 Å². The molecule has 2 amide bonds. The van der Waals surface area contributed by atoms with Crippen molar-refractivity contribution >= 4 is 33.4 Å². The average Bonchev–Trinajstić information content (AvgIpc) is 3.56. The summed E-state index contributed by atoms with van der Waals surface area (Å²) in [4.78, 5) is 33.7. The minimum Gasteiger partial charge on any atom is -0.494 e. The van der Waals surface area contributed by atoms with Crippen molar-refractivity contribution in [3.8, 4) is 22.8 Å². The highest BCUT2D eigenvalue weighted by atomic mass is 32.1. The molecule has 1 aliphatic heterocycles. The Bertz CT molecular complexity index is 1750. The van der Waals surface area contributed by atoms with Gasteiger partial charge in [0.25, 0.3) is 5.91 Å². The predicted molar refractivity (Wildman–Crippen MR) is 146 cm³/mol. The number of amides is 2. The number of pyridine rings is 1. The molecular weight excluding hydrogens is 596 g/mol. The van der Waals surface area contributed by atoms with Crippen LogP contribution in [0.4, 0.5) is 17.6 Å². The largest absolute Gasteiger partial charge is 0.494 e. The number of hydrogen-bond acceptors (Lipinski definition) is 9. The minimum atomic E-state index is -5.38. The van der Waals surface area contributed by atoms with Crippen LogP contribution in [0.25, 0.3) is 21.5 Å². The number of aliphatic hydroxyl groups is 2. The third kappa shape index (κ3) is 5.13. The highest BCUT2D eigenvalue weighted by molar-refractivity contribution is 7.18. The lowest BCUT2D eigenvalue weighted by Gasteiger charge is -2.31. The first kappa shape index (κ1) is 30.1. The van der Waals surface area contributed by atoms with E-state index < -0.39 is 47.1 Å². The van der Waals surface area contributed by atoms with Gasteiger partial charge < -0.3 is 30.7 Å². The SMILES string of the molecule is COc1cc(C(=O)NC[C@](O)(c2cc3c(c(-c4ccc(F)cc4)n2)OC[C@]3(C)C(N)=O)C(F)(F)F)cc2sc(CO)nc12. The molecule has 43 heavy (non-hydrogen) atoms. The Labute approximate surface area is 245 Å². The molecule has 1 aliphatic rings. The van der Waals surface area contributed by atoms with Crippen molar-refractivity contribution in [3.63, 3.8) is 0 Å². The van der Waals surface area contributed by atoms with Crippen LogP contribution in [0.1, 0.15) is 33.5 Å². The van der Waals surface area contributed by atoms with Gasteiger partial charge in [-0.3, -0.25) is 9.59 Å². The maximum atomic E-state index is 14.6. The Balaban J connectivity index is 1.58. The smallest absolute Gasteiger partial charge is 0.424 e. The summed E-state index contributed by atoms with van der Waals surface area (Å²) in [6, 6.07) is 8.14. The number of alkyl halides is 3. The van der Waals surface area contributed by atoms with Crippen molar-refractivity contribution in [1.29, 1.82) is 0 Å². The molecule has 4 aromatic rings. The Morgan fingerprint density at radius 2 is 1.88 bits per heavy atom. The number of carbonyl (C=O) groups is 2. The summed E-state index contributed by atoms with van der Waals surface area (Å²) in [6.45, 7) is -0.670. The quantitative estimate of drug-likeness (QED) is 0.219. The van der Waals surface area contributed by atoms with Crippen LogP contribution in [-0.4, -0.2) is 58.4 Å². The van der Waals surface area contributed by atoms with Gasteiger partial charge in [-0.1, -0.05) is 0 Å². The Kier molecular flexibility index (Phi) is 7.52. The number of thiazole rings is 1. The zero-order valence-corrected chi connectivity index (χ0v) is 23.4. The molecule has 15 heteroatoms. The van der Waals surface area contributed by atoms with Crippen LogP contribution in [-0.2, 0) is 22.4 Å². The van der Waals surface area contributed by atoms with E-state index in [0.717, 1.165) is 29.5 Å². The standard InChI is InChI=1S/C28H24F4N4O6S/c1-26(25(33)39)12-42-23-16(26)9-19(35-21(23)13-3-5-15(29)6-4-13)27(40,28(30,31)32)11-34-24(38)14-7-17(41-2)22-18(8-14)43-20(10-37)36-22/h3-9,37,40H,10-12H2,1-2H3,(H2,33,39)(H,34,38)/t26-,27-/m0/s1. The number of hydrogen-bond donors (Lipinski definition) is 4. The number of benzene rings is 2. The number of aromatic nitrogens is 2. The van der Waals surface area contributed by atoms with Crippen LogP contribution in [0, 0.1) is 5.82 Å². The first-order valence-electron chi connectivity index (χ1n) is 12.6. The van der Waals surface area contributed by atoms with Crippen molar-refractivity contribution in [3.05, 3.63) is 70.1 Å². The second kappa shape index (κ2) is 10.7. The van der Waals surface area contributed by atoms with Crippen molar-refractivity contribution < 1.29 is 46.8 Å². The summed E-state index contributed by atoms with van der Waals surface area (Å²) in [6.07, 6.45) is -5.38. The van der Waals surface area contributed by atoms with Gasteiger partial charge in [-0.25, -0.2) is 14.4 Å². The lowest BCUT2D eigenvalue weighted by atomic mass is 9.81. The van der Waals surface area contributed by atoms with E-state index in [9.17, 15) is 37.4 Å². The fraction of sp³-hybridized carbons (Fsp3) is 0.286. The molecular formula is C28H24F4N4O6S. The van der Waals surface area contributed by atoms with E-state index in [1.54, 1.807) is 0 Å². The molecule has 226 valence electrons. The fourth-order valence-corrected chi connectivity index (χ4v) is 5.53. The topological polar surface area (TPSA) is 157 Å². The average molecular weight is 621 g/mol. The number of nitrogens with two attached hydrogens (primary N) is 1. The van der Waals surface area contributed by atoms with E-state index in [1.807, 2.05) is 0 Å². The van der Waals surface area contributed by atoms with Gasteiger partial charge in [0.15, 0.2) is 0 Å². The molecule has 2 aromatic carbocycles. The first-order chi connectivity index (χ1) is 20.2. The highest BCUT2D eigenvalue weighted by Gasteiger charge is 2.57. The van der Waals surface area contributed by atoms with Crippen LogP contribution in [0.15, 0.2) is 42.5 Å². The van der Waals surface area contributed by atoms with Gasteiger partial charge >= 0.3 is 6.18 Å². The third-order valence-corrected chi connectivity index (χ3v) is 8.24. The summed E-state index contributed by atoms with van der Waals surface area (Å²) < 4.78 is 68.9. The minimum absolute atomic E-state index is 0.0441. The number of carbonyl (C=O) groups excluding carboxylic acids is 2. The molecule has 5 N–H and O–H groups in total. The van der Waals surface area contributed by atoms with Gasteiger partial charge in [0.2, 0.25) is 11.5 Å². The summed E-state index contributed by atoms with van der Waals surface area (Å²) in [7, 11) is 1.32. The Morgan fingerprint density at radius 3 is 2.49 bits per heavy atom. The molecule has 0 saturated carbocycles. The Hall–Kier alpha value is -4.34. The zero-order chi connectivity index (χ0) is 31.3. The van der Waals surface area contributed by atoms with Gasteiger partial charge in [0.05, 0.1) is 30.7 Å². The number of fused-ring (bicyclic) bond motifs is 2. The molecule has 0 saturated heterocycles. The lowest BCUT2D eigenvalue weighted by molar-refractivity contribution is -0.265. The molecule has 0 unspecified atom stereocenters. The molecule has 2 aromatic heterocycles. The number of aliphatic hydroxyl groups excluding tert-OH is 1. The van der Waals surface area contributed by atoms with Crippen LogP contribution in [0.3, 0.4) is 0 Å². The fourth-order valence-electron chi connectivity index (χ4n) is 4.65. The molecule has 10 nitrogen and oxygen atoms in total. The number of primary amides is 1. The normalized spacial score (nSPS) is 17.7. The van der Waals surface area contributed by atoms with E-state index in [-0.39, 0.29) is 47.1 Å². The number of halogens is 4. The molecule has 3 heterocycles. The van der Waals surface area contributed by atoms with E-state index in [0.29, 0.717) is 15.2 Å². The summed E-state index contributed by atoms with van der Waals surface area (Å²) in [5, 5.41) is 23.1. The van der Waals surface area contributed by atoms with E-state index >= 15 is 0 Å². The zero-order valence-electron chi connectivity index (χ0n) is 22.6. The maximum absolute atomic E-state index is 14.6. The second-order valence-electron chi connectivity index (χ2n) is 10.1. The lowest BCUT2D eigenvalue weighted by Crippen LogP contribution is -2.51. The molecule has 0 bridgehead atoms. The van der Waals surface area contributed by atoms with Crippen molar-refractivity contribution in [2.45, 2.75) is 30.7 Å². The molecule has 0 spiro atoms. The maximum Gasteiger partial charge on any atom is 0.424 e. The van der Waals surface area contributed by atoms with E-state index in [4.69, 9.17) is 15.2 Å². The van der Waals surface area contributed by atoms with Gasteiger partial charge in [-0.2, -0.15) is 13.2 Å². The second-order valence-corrected chi connectivity index (χ2v) is 11.2. The molecule has 5 rings (SSSR count). The summed E-state index contributed by atoms with van der Waals surface area (Å²) in [5.41, 5.74) is -0.531. The van der Waals surface area contributed by atoms with E-state index in [1.165, 1.54) is 38.3 Å². The number of nitrogens with zero attached hydrogens (tertiary/aromatic N) is 2. The number of methoxy groups -OCH3 is 1. The summed E-state index contributed by atoms with van der Waals surface area (Å²) in [5.74, 6) is -2.38. The van der Waals surface area contributed by atoms with Gasteiger partial charge in [0.1, 0.15) is 45.6 Å². The molecule has 2 atom stereocenters. The monoisotopic (exact) mass is 620 g/mol. The van der Waals surface area contributed by atoms with Gasteiger partial charge in [-0.15, -0.1) is 11.3 Å². The Morgan fingerprint density at radius 1 is 1.19 bits per heavy atom.